The minimum Gasteiger partial charge on any atom is -0.480 e. The van der Waals surface area contributed by atoms with Crippen LogP contribution in [0.1, 0.15) is 25.8 Å². The highest BCUT2D eigenvalue weighted by atomic mass is 16.5. The molecule has 144 valence electrons. The molecule has 0 radical (unpaired) electrons. The molecule has 0 fully saturated rings. The molecule has 0 aliphatic carbocycles. The number of aliphatic carboxylic acids is 1. The summed E-state index contributed by atoms with van der Waals surface area (Å²) in [6, 6.07) is 16.9. The Labute approximate surface area is 159 Å². The normalized spacial score (nSPS) is 11.3. The Bertz CT molecular complexity index is 756. The first-order chi connectivity index (χ1) is 12.8. The van der Waals surface area contributed by atoms with Crippen LogP contribution in [0.3, 0.4) is 0 Å². The number of benzene rings is 2. The van der Waals surface area contributed by atoms with E-state index in [2.05, 4.69) is 4.74 Å². The molecule has 0 spiro atoms. The lowest BCUT2D eigenvalue weighted by Gasteiger charge is -2.35. The summed E-state index contributed by atoms with van der Waals surface area (Å²) in [5.74, 6) is 0.129. The van der Waals surface area contributed by atoms with Gasteiger partial charge >= 0.3 is 11.9 Å². The van der Waals surface area contributed by atoms with Crippen molar-refractivity contribution in [3.63, 3.8) is 0 Å². The molecule has 6 nitrogen and oxygen atoms in total. The first kappa shape index (κ1) is 20.5. The molecule has 0 atom stereocenters. The number of carbonyl (C=O) groups excluding carboxylic acids is 1. The van der Waals surface area contributed by atoms with Crippen LogP contribution in [0.25, 0.3) is 0 Å². The Morgan fingerprint density at radius 3 is 2.15 bits per heavy atom. The number of hydrogen-bond donors (Lipinski definition) is 1. The third-order valence-electron chi connectivity index (χ3n) is 4.40. The highest BCUT2D eigenvalue weighted by Gasteiger charge is 2.34. The molecule has 0 saturated heterocycles. The fraction of sp³-hybridized carbons (Fsp3) is 0.333. The van der Waals surface area contributed by atoms with Crippen molar-refractivity contribution in [3.05, 3.63) is 60.2 Å². The Hall–Kier alpha value is -2.86. The van der Waals surface area contributed by atoms with E-state index in [4.69, 9.17) is 4.74 Å². The second-order valence-corrected chi connectivity index (χ2v) is 6.67. The number of rotatable bonds is 9. The van der Waals surface area contributed by atoms with Gasteiger partial charge in [-0.1, -0.05) is 30.3 Å². The van der Waals surface area contributed by atoms with Gasteiger partial charge in [-0.25, -0.2) is 0 Å². The van der Waals surface area contributed by atoms with E-state index in [1.807, 2.05) is 54.6 Å². The molecular formula is C21H25NO5. The van der Waals surface area contributed by atoms with Crippen molar-refractivity contribution in [2.45, 2.75) is 32.4 Å². The molecule has 0 amide bonds. The standard InChI is InChI=1S/C21H25NO5/c1-21(2,20(24)25)22(14-13-19(23)26-3)15-16-9-11-18(12-10-16)27-17-7-5-4-6-8-17/h4-12H,13-15H2,1-3H3,(H,24,25). The Morgan fingerprint density at radius 2 is 1.59 bits per heavy atom. The molecule has 0 heterocycles. The minimum absolute atomic E-state index is 0.127. The van der Waals surface area contributed by atoms with E-state index in [-0.39, 0.29) is 18.9 Å². The Balaban J connectivity index is 2.09. The summed E-state index contributed by atoms with van der Waals surface area (Å²) in [6.07, 6.45) is 0.127. The van der Waals surface area contributed by atoms with Crippen molar-refractivity contribution < 1.29 is 24.2 Å². The van der Waals surface area contributed by atoms with E-state index in [9.17, 15) is 14.7 Å². The number of nitrogens with zero attached hydrogens (tertiary/aromatic N) is 1. The van der Waals surface area contributed by atoms with E-state index in [0.29, 0.717) is 12.3 Å². The smallest absolute Gasteiger partial charge is 0.323 e. The van der Waals surface area contributed by atoms with Crippen LogP contribution in [-0.4, -0.2) is 41.1 Å². The number of esters is 1. The summed E-state index contributed by atoms with van der Waals surface area (Å²) < 4.78 is 10.4. The quantitative estimate of drug-likeness (QED) is 0.677. The summed E-state index contributed by atoms with van der Waals surface area (Å²) in [5.41, 5.74) is -0.192. The van der Waals surface area contributed by atoms with Crippen LogP contribution >= 0.6 is 0 Å². The maximum atomic E-state index is 11.6. The number of carboxylic acid groups (broad SMARTS) is 1. The SMILES string of the molecule is COC(=O)CCN(Cc1ccc(Oc2ccccc2)cc1)C(C)(C)C(=O)O. The molecule has 0 bridgehead atoms. The van der Waals surface area contributed by atoms with Crippen molar-refractivity contribution in [1.29, 1.82) is 0 Å². The first-order valence-corrected chi connectivity index (χ1v) is 8.70. The maximum Gasteiger partial charge on any atom is 0.323 e. The second kappa shape index (κ2) is 9.19. The fourth-order valence-electron chi connectivity index (χ4n) is 2.53. The van der Waals surface area contributed by atoms with Gasteiger partial charge in [0.1, 0.15) is 17.0 Å². The topological polar surface area (TPSA) is 76.1 Å². The predicted molar refractivity (Wildman–Crippen MR) is 102 cm³/mol. The highest BCUT2D eigenvalue weighted by molar-refractivity contribution is 5.77. The highest BCUT2D eigenvalue weighted by Crippen LogP contribution is 2.23. The molecule has 0 saturated carbocycles. The molecular weight excluding hydrogens is 346 g/mol. The van der Waals surface area contributed by atoms with E-state index in [1.165, 1.54) is 7.11 Å². The van der Waals surface area contributed by atoms with Crippen molar-refractivity contribution >= 4 is 11.9 Å². The summed E-state index contributed by atoms with van der Waals surface area (Å²) in [5, 5.41) is 9.54. The zero-order chi connectivity index (χ0) is 19.9. The van der Waals surface area contributed by atoms with Gasteiger partial charge in [-0.05, 0) is 43.7 Å². The van der Waals surface area contributed by atoms with Crippen molar-refractivity contribution in [2.75, 3.05) is 13.7 Å². The largest absolute Gasteiger partial charge is 0.480 e. The van der Waals surface area contributed by atoms with Gasteiger partial charge in [0.2, 0.25) is 0 Å². The lowest BCUT2D eigenvalue weighted by molar-refractivity contribution is -0.151. The van der Waals surface area contributed by atoms with E-state index in [0.717, 1.165) is 11.3 Å². The molecule has 0 aliphatic heterocycles. The number of carbonyl (C=O) groups is 2. The Morgan fingerprint density at radius 1 is 1.00 bits per heavy atom. The van der Waals surface area contributed by atoms with E-state index in [1.54, 1.807) is 18.7 Å². The van der Waals surface area contributed by atoms with Gasteiger partial charge in [-0.15, -0.1) is 0 Å². The van der Waals surface area contributed by atoms with Gasteiger partial charge in [-0.3, -0.25) is 14.5 Å². The molecule has 0 aromatic heterocycles. The maximum absolute atomic E-state index is 11.6. The van der Waals surface area contributed by atoms with Crippen LogP contribution in [0, 0.1) is 0 Å². The molecule has 6 heteroatoms. The average Bonchev–Trinajstić information content (AvgIpc) is 2.66. The lowest BCUT2D eigenvalue weighted by atomic mass is 10.0. The monoisotopic (exact) mass is 371 g/mol. The van der Waals surface area contributed by atoms with Gasteiger partial charge < -0.3 is 14.6 Å². The average molecular weight is 371 g/mol. The molecule has 0 aliphatic rings. The van der Waals surface area contributed by atoms with Gasteiger partial charge in [0.25, 0.3) is 0 Å². The number of hydrogen-bond acceptors (Lipinski definition) is 5. The summed E-state index contributed by atoms with van der Waals surface area (Å²) in [7, 11) is 1.32. The van der Waals surface area contributed by atoms with Gasteiger partial charge in [0, 0.05) is 13.1 Å². The predicted octanol–water partition coefficient (Wildman–Crippen LogP) is 3.71. The third-order valence-corrected chi connectivity index (χ3v) is 4.40. The molecule has 0 unspecified atom stereocenters. The minimum atomic E-state index is -1.12. The van der Waals surface area contributed by atoms with Crippen molar-refractivity contribution in [2.24, 2.45) is 0 Å². The van der Waals surface area contributed by atoms with Crippen LogP contribution in [0.4, 0.5) is 0 Å². The molecule has 2 rings (SSSR count). The molecule has 2 aromatic rings. The third kappa shape index (κ3) is 5.82. The number of ether oxygens (including phenoxy) is 2. The number of carboxylic acids is 1. The summed E-state index contributed by atoms with van der Waals surface area (Å²) in [4.78, 5) is 24.9. The van der Waals surface area contributed by atoms with Crippen molar-refractivity contribution in [1.82, 2.24) is 4.90 Å². The molecule has 2 aromatic carbocycles. The van der Waals surface area contributed by atoms with Crippen LogP contribution in [-0.2, 0) is 20.9 Å². The van der Waals surface area contributed by atoms with Crippen LogP contribution in [0.15, 0.2) is 54.6 Å². The van der Waals surface area contributed by atoms with Crippen LogP contribution < -0.4 is 4.74 Å². The second-order valence-electron chi connectivity index (χ2n) is 6.67. The molecule has 27 heavy (non-hydrogen) atoms. The van der Waals surface area contributed by atoms with Crippen LogP contribution in [0.5, 0.6) is 11.5 Å². The number of methoxy groups -OCH3 is 1. The Kier molecular flexibility index (Phi) is 6.96. The van der Waals surface area contributed by atoms with Crippen LogP contribution in [0.2, 0.25) is 0 Å². The van der Waals surface area contributed by atoms with E-state index >= 15 is 0 Å². The first-order valence-electron chi connectivity index (χ1n) is 8.70. The van der Waals surface area contributed by atoms with E-state index < -0.39 is 11.5 Å². The lowest BCUT2D eigenvalue weighted by Crippen LogP contribution is -2.50. The zero-order valence-electron chi connectivity index (χ0n) is 15.8. The zero-order valence-corrected chi connectivity index (χ0v) is 15.8. The fourth-order valence-corrected chi connectivity index (χ4v) is 2.53. The summed E-state index contributed by atoms with van der Waals surface area (Å²) in [6.45, 7) is 3.93. The van der Waals surface area contributed by atoms with Gasteiger partial charge in [-0.2, -0.15) is 0 Å². The van der Waals surface area contributed by atoms with Gasteiger partial charge in [0.15, 0.2) is 0 Å². The van der Waals surface area contributed by atoms with Gasteiger partial charge in [0.05, 0.1) is 13.5 Å². The summed E-state index contributed by atoms with van der Waals surface area (Å²) >= 11 is 0. The molecule has 1 N–H and O–H groups in total. The van der Waals surface area contributed by atoms with Crippen molar-refractivity contribution in [3.8, 4) is 11.5 Å². The number of para-hydroxylation sites is 1.